The summed E-state index contributed by atoms with van der Waals surface area (Å²) in [5.41, 5.74) is 0.897. The van der Waals surface area contributed by atoms with Gasteiger partial charge < -0.3 is 14.1 Å². The predicted molar refractivity (Wildman–Crippen MR) is 129 cm³/mol. The van der Waals surface area contributed by atoms with Crippen LogP contribution in [0.5, 0.6) is 5.75 Å². The molecule has 0 aliphatic rings. The maximum absolute atomic E-state index is 13.1. The third-order valence-corrected chi connectivity index (χ3v) is 5.47. The van der Waals surface area contributed by atoms with Crippen LogP contribution in [0, 0.1) is 0 Å². The average Bonchev–Trinajstić information content (AvgIpc) is 3.27. The second-order valence-electron chi connectivity index (χ2n) is 7.22. The number of nitrogens with one attached hydrogen (secondary N) is 1. The summed E-state index contributed by atoms with van der Waals surface area (Å²) < 4.78 is 11.1. The van der Waals surface area contributed by atoms with Crippen molar-refractivity contribution in [1.29, 1.82) is 0 Å². The van der Waals surface area contributed by atoms with E-state index in [2.05, 4.69) is 15.2 Å². The molecule has 0 aliphatic carbocycles. The van der Waals surface area contributed by atoms with Gasteiger partial charge in [-0.3, -0.25) is 9.59 Å². The Morgan fingerprint density at radius 2 is 1.73 bits per heavy atom. The number of rotatable bonds is 4. The quantitative estimate of drug-likeness (QED) is 0.411. The van der Waals surface area contributed by atoms with Crippen molar-refractivity contribution in [3.8, 4) is 17.2 Å². The smallest absolute Gasteiger partial charge is 0.256 e. The van der Waals surface area contributed by atoms with Crippen LogP contribution in [-0.2, 0) is 0 Å². The van der Waals surface area contributed by atoms with Crippen molar-refractivity contribution >= 4 is 45.4 Å². The van der Waals surface area contributed by atoms with Crippen LogP contribution in [-0.4, -0.2) is 22.3 Å². The molecule has 2 aromatic heterocycles. The van der Waals surface area contributed by atoms with E-state index in [-0.39, 0.29) is 22.8 Å². The van der Waals surface area contributed by atoms with E-state index in [0.29, 0.717) is 38.0 Å². The Kier molecular flexibility index (Phi) is 5.24. The number of benzene rings is 3. The lowest BCUT2D eigenvalue weighted by Crippen LogP contribution is -2.02. The normalized spacial score (nSPS) is 11.5. The van der Waals surface area contributed by atoms with E-state index in [4.69, 9.17) is 20.8 Å². The van der Waals surface area contributed by atoms with Crippen molar-refractivity contribution in [2.24, 2.45) is 0 Å². The van der Waals surface area contributed by atoms with Gasteiger partial charge in [-0.05, 0) is 42.5 Å². The van der Waals surface area contributed by atoms with Crippen molar-refractivity contribution in [2.45, 2.75) is 0 Å². The summed E-state index contributed by atoms with van der Waals surface area (Å²) in [7, 11) is 1.57. The fraction of sp³-hybridized carbons (Fsp3) is 0.0400. The van der Waals surface area contributed by atoms with Crippen LogP contribution in [0.15, 0.2) is 74.7 Å². The SMILES string of the molecule is COc1ccc(Cl)cc1/C=C/c1nnc(-c2cccc3c(=O)c4ccccc4c(=O)[nH]c23)o1. The van der Waals surface area contributed by atoms with E-state index in [1.807, 2.05) is 0 Å². The summed E-state index contributed by atoms with van der Waals surface area (Å²) in [6.45, 7) is 0. The van der Waals surface area contributed by atoms with Crippen LogP contribution in [0.3, 0.4) is 0 Å². The van der Waals surface area contributed by atoms with Gasteiger partial charge in [0.1, 0.15) is 5.75 Å². The first-order chi connectivity index (χ1) is 16.0. The molecule has 0 fully saturated rings. The van der Waals surface area contributed by atoms with Crippen LogP contribution >= 0.6 is 11.6 Å². The Hall–Kier alpha value is -4.23. The topological polar surface area (TPSA) is 98.1 Å². The van der Waals surface area contributed by atoms with Crippen LogP contribution < -0.4 is 15.7 Å². The maximum Gasteiger partial charge on any atom is 0.256 e. The molecule has 5 aromatic rings. The van der Waals surface area contributed by atoms with Crippen LogP contribution in [0.4, 0.5) is 0 Å². The minimum atomic E-state index is -0.377. The number of hydrogen-bond donors (Lipinski definition) is 1. The number of para-hydroxylation sites is 1. The second-order valence-corrected chi connectivity index (χ2v) is 7.66. The minimum Gasteiger partial charge on any atom is -0.496 e. The number of aromatic amines is 1. The van der Waals surface area contributed by atoms with Gasteiger partial charge in [0.2, 0.25) is 11.8 Å². The Bertz CT molecular complexity index is 1670. The van der Waals surface area contributed by atoms with Crippen molar-refractivity contribution in [3.05, 3.63) is 97.7 Å². The first-order valence-corrected chi connectivity index (χ1v) is 10.4. The molecule has 0 saturated carbocycles. The molecule has 0 radical (unpaired) electrons. The second kappa shape index (κ2) is 8.37. The highest BCUT2D eigenvalue weighted by Gasteiger charge is 2.14. The molecule has 0 atom stereocenters. The summed E-state index contributed by atoms with van der Waals surface area (Å²) in [5.74, 6) is 1.05. The summed E-state index contributed by atoms with van der Waals surface area (Å²) in [6, 6.07) is 17.0. The fourth-order valence-electron chi connectivity index (χ4n) is 3.67. The number of methoxy groups -OCH3 is 1. The molecule has 0 spiro atoms. The number of fused-ring (bicyclic) bond motifs is 2. The monoisotopic (exact) mass is 457 g/mol. The Morgan fingerprint density at radius 3 is 2.55 bits per heavy atom. The third kappa shape index (κ3) is 3.79. The molecule has 3 aromatic carbocycles. The van der Waals surface area contributed by atoms with E-state index < -0.39 is 0 Å². The zero-order chi connectivity index (χ0) is 22.9. The molecule has 0 aliphatic heterocycles. The van der Waals surface area contributed by atoms with Gasteiger partial charge in [0.15, 0.2) is 5.43 Å². The summed E-state index contributed by atoms with van der Waals surface area (Å²) in [4.78, 5) is 28.7. The highest BCUT2D eigenvalue weighted by Crippen LogP contribution is 2.27. The first kappa shape index (κ1) is 20.7. The lowest BCUT2D eigenvalue weighted by molar-refractivity contribution is 0.414. The Balaban J connectivity index is 1.63. The van der Waals surface area contributed by atoms with Gasteiger partial charge in [0, 0.05) is 27.4 Å². The summed E-state index contributed by atoms with van der Waals surface area (Å²) in [5, 5.41) is 9.74. The van der Waals surface area contributed by atoms with Crippen LogP contribution in [0.2, 0.25) is 5.02 Å². The molecular weight excluding hydrogens is 442 g/mol. The Labute approximate surface area is 191 Å². The van der Waals surface area contributed by atoms with Crippen molar-refractivity contribution in [1.82, 2.24) is 15.2 Å². The standard InChI is InChI=1S/C25H16ClN3O4/c1-32-20-11-10-15(26)13-14(20)9-12-21-28-29-25(33-21)19-8-4-7-18-22(19)27-24(31)17-6-3-2-5-16(17)23(18)30/h2-13H,1H3,(H,27,31)/b12-9+. The molecule has 162 valence electrons. The molecule has 33 heavy (non-hydrogen) atoms. The van der Waals surface area contributed by atoms with Crippen molar-refractivity contribution in [3.63, 3.8) is 0 Å². The number of halogens is 1. The lowest BCUT2D eigenvalue weighted by atomic mass is 10.1. The molecule has 7 nitrogen and oxygen atoms in total. The van der Waals surface area contributed by atoms with Crippen LogP contribution in [0.1, 0.15) is 11.5 Å². The molecule has 2 heterocycles. The van der Waals surface area contributed by atoms with E-state index >= 15 is 0 Å². The molecule has 0 bridgehead atoms. The molecule has 0 unspecified atom stereocenters. The van der Waals surface area contributed by atoms with Crippen LogP contribution in [0.25, 0.3) is 45.3 Å². The highest BCUT2D eigenvalue weighted by molar-refractivity contribution is 6.30. The number of hydrogen-bond acceptors (Lipinski definition) is 6. The zero-order valence-corrected chi connectivity index (χ0v) is 18.1. The van der Waals surface area contributed by atoms with E-state index in [9.17, 15) is 9.59 Å². The predicted octanol–water partition coefficient (Wildman–Crippen LogP) is 4.92. The highest BCUT2D eigenvalue weighted by atomic mass is 35.5. The van der Waals surface area contributed by atoms with E-state index in [1.54, 1.807) is 79.9 Å². The lowest BCUT2D eigenvalue weighted by Gasteiger charge is -2.04. The Morgan fingerprint density at radius 1 is 0.939 bits per heavy atom. The number of nitrogens with zero attached hydrogens (tertiary/aromatic N) is 2. The minimum absolute atomic E-state index is 0.170. The van der Waals surface area contributed by atoms with Crippen molar-refractivity contribution < 1.29 is 9.15 Å². The molecule has 8 heteroatoms. The largest absolute Gasteiger partial charge is 0.496 e. The van der Waals surface area contributed by atoms with E-state index in [1.165, 1.54) is 0 Å². The average molecular weight is 458 g/mol. The van der Waals surface area contributed by atoms with Gasteiger partial charge in [-0.2, -0.15) is 0 Å². The molecule has 1 N–H and O–H groups in total. The molecular formula is C25H16ClN3O4. The van der Waals surface area contributed by atoms with Gasteiger partial charge in [-0.1, -0.05) is 35.9 Å². The first-order valence-electron chi connectivity index (χ1n) is 9.99. The van der Waals surface area contributed by atoms with Gasteiger partial charge in [0.25, 0.3) is 5.56 Å². The van der Waals surface area contributed by atoms with Crippen molar-refractivity contribution in [2.75, 3.05) is 7.11 Å². The zero-order valence-electron chi connectivity index (χ0n) is 17.3. The molecule has 0 saturated heterocycles. The summed E-state index contributed by atoms with van der Waals surface area (Å²) >= 11 is 6.07. The van der Waals surface area contributed by atoms with Gasteiger partial charge in [0.05, 0.1) is 23.6 Å². The molecule has 0 amide bonds. The van der Waals surface area contributed by atoms with E-state index in [0.717, 1.165) is 5.56 Å². The summed E-state index contributed by atoms with van der Waals surface area (Å²) in [6.07, 6.45) is 3.38. The fourth-order valence-corrected chi connectivity index (χ4v) is 3.85. The number of ether oxygens (including phenoxy) is 1. The van der Waals surface area contributed by atoms with Gasteiger partial charge in [-0.25, -0.2) is 0 Å². The number of H-pyrrole nitrogens is 1. The van der Waals surface area contributed by atoms with Gasteiger partial charge in [-0.15, -0.1) is 10.2 Å². The van der Waals surface area contributed by atoms with Gasteiger partial charge >= 0.3 is 0 Å². The maximum atomic E-state index is 13.1. The number of aromatic nitrogens is 3. The third-order valence-electron chi connectivity index (χ3n) is 5.23. The molecule has 5 rings (SSSR count).